The van der Waals surface area contributed by atoms with E-state index in [1.54, 1.807) is 4.90 Å². The van der Waals surface area contributed by atoms with Gasteiger partial charge in [-0.1, -0.05) is 12.2 Å². The lowest BCUT2D eigenvalue weighted by atomic mass is 10.2. The van der Waals surface area contributed by atoms with Crippen molar-refractivity contribution < 1.29 is 9.53 Å². The number of carbonyl (C=O) groups excluding carboxylic acids is 1. The van der Waals surface area contributed by atoms with Crippen LogP contribution in [0.5, 0.6) is 0 Å². The van der Waals surface area contributed by atoms with Crippen LogP contribution in [0.2, 0.25) is 0 Å². The Bertz CT molecular complexity index is 278. The SMILES string of the molecule is CC(=S)N1CCN(C(=O)OC(C)(C)C)CC1. The van der Waals surface area contributed by atoms with Gasteiger partial charge in [0.25, 0.3) is 0 Å². The predicted molar refractivity (Wildman–Crippen MR) is 67.7 cm³/mol. The highest BCUT2D eigenvalue weighted by Crippen LogP contribution is 2.11. The molecule has 1 rings (SSSR count). The van der Waals surface area contributed by atoms with Crippen LogP contribution in [0.15, 0.2) is 0 Å². The molecular formula is C11H20N2O2S. The molecule has 0 saturated carbocycles. The second kappa shape index (κ2) is 4.99. The zero-order valence-electron chi connectivity index (χ0n) is 10.4. The van der Waals surface area contributed by atoms with E-state index < -0.39 is 5.60 Å². The van der Waals surface area contributed by atoms with E-state index in [2.05, 4.69) is 4.90 Å². The first-order valence-electron chi connectivity index (χ1n) is 5.53. The van der Waals surface area contributed by atoms with Gasteiger partial charge in [-0.15, -0.1) is 0 Å². The highest BCUT2D eigenvalue weighted by Gasteiger charge is 2.25. The van der Waals surface area contributed by atoms with Gasteiger partial charge in [0.2, 0.25) is 0 Å². The summed E-state index contributed by atoms with van der Waals surface area (Å²) in [7, 11) is 0. The van der Waals surface area contributed by atoms with Gasteiger partial charge in [-0.3, -0.25) is 0 Å². The molecule has 1 aliphatic rings. The van der Waals surface area contributed by atoms with Gasteiger partial charge in [-0.05, 0) is 27.7 Å². The van der Waals surface area contributed by atoms with E-state index in [9.17, 15) is 4.79 Å². The maximum Gasteiger partial charge on any atom is 0.410 e. The van der Waals surface area contributed by atoms with E-state index in [4.69, 9.17) is 17.0 Å². The minimum absolute atomic E-state index is 0.228. The summed E-state index contributed by atoms with van der Waals surface area (Å²) in [4.78, 5) is 16.5. The van der Waals surface area contributed by atoms with Crippen LogP contribution in [-0.2, 0) is 4.74 Å². The number of piperazine rings is 1. The van der Waals surface area contributed by atoms with Crippen molar-refractivity contribution in [2.75, 3.05) is 26.2 Å². The Balaban J connectivity index is 2.42. The van der Waals surface area contributed by atoms with E-state index in [-0.39, 0.29) is 6.09 Å². The van der Waals surface area contributed by atoms with Crippen LogP contribution in [0.25, 0.3) is 0 Å². The minimum Gasteiger partial charge on any atom is -0.444 e. The average molecular weight is 244 g/mol. The van der Waals surface area contributed by atoms with Crippen molar-refractivity contribution in [3.8, 4) is 0 Å². The van der Waals surface area contributed by atoms with E-state index in [0.717, 1.165) is 18.1 Å². The van der Waals surface area contributed by atoms with Gasteiger partial charge < -0.3 is 14.5 Å². The molecule has 0 aliphatic carbocycles. The van der Waals surface area contributed by atoms with E-state index in [1.165, 1.54) is 0 Å². The fourth-order valence-electron chi connectivity index (χ4n) is 1.53. The maximum absolute atomic E-state index is 11.7. The molecular weight excluding hydrogens is 224 g/mol. The molecule has 0 spiro atoms. The number of amides is 1. The number of hydrogen-bond donors (Lipinski definition) is 0. The predicted octanol–water partition coefficient (Wildman–Crippen LogP) is 1.89. The topological polar surface area (TPSA) is 32.8 Å². The molecule has 0 bridgehead atoms. The molecule has 0 aromatic carbocycles. The van der Waals surface area contributed by atoms with Crippen molar-refractivity contribution in [2.24, 2.45) is 0 Å². The molecule has 1 aliphatic heterocycles. The van der Waals surface area contributed by atoms with Crippen LogP contribution >= 0.6 is 12.2 Å². The maximum atomic E-state index is 11.7. The van der Waals surface area contributed by atoms with Gasteiger partial charge in [-0.25, -0.2) is 4.79 Å². The summed E-state index contributed by atoms with van der Waals surface area (Å²) in [5.41, 5.74) is -0.422. The van der Waals surface area contributed by atoms with Crippen LogP contribution in [0.4, 0.5) is 4.79 Å². The number of thiocarbonyl (C=S) groups is 1. The molecule has 92 valence electrons. The van der Waals surface area contributed by atoms with Crippen LogP contribution in [0, 0.1) is 0 Å². The summed E-state index contributed by atoms with van der Waals surface area (Å²) in [5, 5.41) is 0. The van der Waals surface area contributed by atoms with Crippen molar-refractivity contribution in [3.05, 3.63) is 0 Å². The largest absolute Gasteiger partial charge is 0.444 e. The molecule has 0 atom stereocenters. The third-order valence-electron chi connectivity index (χ3n) is 2.38. The number of nitrogens with zero attached hydrogens (tertiary/aromatic N) is 2. The van der Waals surface area contributed by atoms with Gasteiger partial charge in [0.05, 0.1) is 4.99 Å². The van der Waals surface area contributed by atoms with Crippen LogP contribution < -0.4 is 0 Å². The van der Waals surface area contributed by atoms with Gasteiger partial charge in [-0.2, -0.15) is 0 Å². The average Bonchev–Trinajstić information content (AvgIpc) is 2.15. The lowest BCUT2D eigenvalue weighted by molar-refractivity contribution is 0.0188. The van der Waals surface area contributed by atoms with Crippen molar-refractivity contribution in [1.29, 1.82) is 0 Å². The van der Waals surface area contributed by atoms with Gasteiger partial charge >= 0.3 is 6.09 Å². The zero-order chi connectivity index (χ0) is 12.3. The highest BCUT2D eigenvalue weighted by atomic mass is 32.1. The van der Waals surface area contributed by atoms with Gasteiger partial charge in [0.15, 0.2) is 0 Å². The molecule has 1 fully saturated rings. The van der Waals surface area contributed by atoms with Crippen molar-refractivity contribution in [1.82, 2.24) is 9.80 Å². The Morgan fingerprint density at radius 2 is 1.56 bits per heavy atom. The lowest BCUT2D eigenvalue weighted by Gasteiger charge is -2.36. The molecule has 1 amide bonds. The Labute approximate surface area is 103 Å². The molecule has 0 radical (unpaired) electrons. The van der Waals surface area contributed by atoms with Crippen molar-refractivity contribution in [2.45, 2.75) is 33.3 Å². The fourth-order valence-corrected chi connectivity index (χ4v) is 1.71. The molecule has 16 heavy (non-hydrogen) atoms. The molecule has 0 aromatic rings. The third kappa shape index (κ3) is 3.96. The molecule has 0 N–H and O–H groups in total. The molecule has 4 nitrogen and oxygen atoms in total. The second-order valence-electron chi connectivity index (χ2n) is 4.97. The number of rotatable bonds is 0. The lowest BCUT2D eigenvalue weighted by Crippen LogP contribution is -2.50. The summed E-state index contributed by atoms with van der Waals surface area (Å²) in [5.74, 6) is 0. The van der Waals surface area contributed by atoms with Crippen LogP contribution in [-0.4, -0.2) is 52.7 Å². The second-order valence-corrected chi connectivity index (χ2v) is 5.56. The fraction of sp³-hybridized carbons (Fsp3) is 0.818. The first kappa shape index (κ1) is 13.2. The van der Waals surface area contributed by atoms with Crippen molar-refractivity contribution in [3.63, 3.8) is 0 Å². The number of carbonyl (C=O) groups is 1. The molecule has 1 heterocycles. The first-order chi connectivity index (χ1) is 7.29. The van der Waals surface area contributed by atoms with Crippen LogP contribution in [0.3, 0.4) is 0 Å². The smallest absolute Gasteiger partial charge is 0.410 e. The van der Waals surface area contributed by atoms with E-state index >= 15 is 0 Å². The summed E-state index contributed by atoms with van der Waals surface area (Å²) in [6.07, 6.45) is -0.228. The standard InChI is InChI=1S/C11H20N2O2S/c1-9(16)12-5-7-13(8-6-12)10(14)15-11(2,3)4/h5-8H2,1-4H3. The third-order valence-corrected chi connectivity index (χ3v) is 2.63. The Kier molecular flexibility index (Phi) is 4.13. The van der Waals surface area contributed by atoms with E-state index in [0.29, 0.717) is 13.1 Å². The molecule has 5 heteroatoms. The van der Waals surface area contributed by atoms with Crippen molar-refractivity contribution >= 4 is 23.3 Å². The zero-order valence-corrected chi connectivity index (χ0v) is 11.3. The first-order valence-corrected chi connectivity index (χ1v) is 5.94. The Hall–Kier alpha value is -0.840. The normalized spacial score (nSPS) is 17.2. The monoisotopic (exact) mass is 244 g/mol. The Morgan fingerprint density at radius 3 is 1.94 bits per heavy atom. The van der Waals surface area contributed by atoms with Gasteiger partial charge in [0.1, 0.15) is 5.60 Å². The molecule has 0 aromatic heterocycles. The quantitative estimate of drug-likeness (QED) is 0.609. The number of ether oxygens (including phenoxy) is 1. The highest BCUT2D eigenvalue weighted by molar-refractivity contribution is 7.80. The Morgan fingerprint density at radius 1 is 1.12 bits per heavy atom. The summed E-state index contributed by atoms with van der Waals surface area (Å²) >= 11 is 5.10. The summed E-state index contributed by atoms with van der Waals surface area (Å²) in [6.45, 7) is 10.5. The molecule has 0 unspecified atom stereocenters. The molecule has 1 saturated heterocycles. The van der Waals surface area contributed by atoms with Gasteiger partial charge in [0, 0.05) is 26.2 Å². The van der Waals surface area contributed by atoms with E-state index in [1.807, 2.05) is 27.7 Å². The minimum atomic E-state index is -0.422. The summed E-state index contributed by atoms with van der Waals surface area (Å²) in [6, 6.07) is 0. The number of hydrogen-bond acceptors (Lipinski definition) is 3. The van der Waals surface area contributed by atoms with Crippen LogP contribution in [0.1, 0.15) is 27.7 Å². The summed E-state index contributed by atoms with van der Waals surface area (Å²) < 4.78 is 5.31.